The van der Waals surface area contributed by atoms with Gasteiger partial charge in [-0.3, -0.25) is 4.79 Å². The Morgan fingerprint density at radius 3 is 2.49 bits per heavy atom. The zero-order valence-electron chi connectivity index (χ0n) is 19.6. The summed E-state index contributed by atoms with van der Waals surface area (Å²) < 4.78 is 75.0. The lowest BCUT2D eigenvalue weighted by atomic mass is 9.97. The molecule has 6 rings (SSSR count). The molecule has 2 unspecified atom stereocenters. The fraction of sp³-hybridized carbons (Fsp3) is 0.231. The van der Waals surface area contributed by atoms with Crippen molar-refractivity contribution in [2.24, 2.45) is 0 Å². The van der Waals surface area contributed by atoms with Crippen LogP contribution in [0, 0.1) is 11.6 Å². The van der Waals surface area contributed by atoms with Gasteiger partial charge in [0.1, 0.15) is 30.4 Å². The fourth-order valence-corrected chi connectivity index (χ4v) is 6.59. The van der Waals surface area contributed by atoms with Crippen molar-refractivity contribution in [3.63, 3.8) is 0 Å². The van der Waals surface area contributed by atoms with E-state index < -0.39 is 48.7 Å². The van der Waals surface area contributed by atoms with Crippen molar-refractivity contribution >= 4 is 29.4 Å². The minimum Gasteiger partial charge on any atom is -0.434 e. The number of rotatable bonds is 4. The highest BCUT2D eigenvalue weighted by Gasteiger charge is 2.42. The molecule has 2 aliphatic heterocycles. The molecule has 2 atom stereocenters. The van der Waals surface area contributed by atoms with Crippen LogP contribution in [0.2, 0.25) is 0 Å². The molecule has 3 aromatic carbocycles. The molecule has 37 heavy (non-hydrogen) atoms. The topological polar surface area (TPSA) is 73.2 Å². The number of nitrogens with one attached hydrogen (secondary N) is 1. The van der Waals surface area contributed by atoms with Crippen molar-refractivity contribution in [1.82, 2.24) is 14.9 Å². The normalized spacial score (nSPS) is 18.5. The Kier molecular flexibility index (Phi) is 5.25. The number of aromatic nitrogens is 2. The van der Waals surface area contributed by atoms with Crippen molar-refractivity contribution in [3.05, 3.63) is 77.1 Å². The van der Waals surface area contributed by atoms with Gasteiger partial charge in [0.05, 0.1) is 28.4 Å². The van der Waals surface area contributed by atoms with Crippen molar-refractivity contribution in [1.29, 1.82) is 0 Å². The minimum atomic E-state index is -3.18. The van der Waals surface area contributed by atoms with Crippen LogP contribution in [0.1, 0.15) is 40.3 Å². The van der Waals surface area contributed by atoms with Crippen LogP contribution in [0.5, 0.6) is 5.75 Å². The summed E-state index contributed by atoms with van der Waals surface area (Å²) in [5.74, 6) is -1.73. The highest BCUT2D eigenvalue weighted by atomic mass is 31.2. The number of carbonyl (C=O) groups is 1. The van der Waals surface area contributed by atoms with Gasteiger partial charge in [0, 0.05) is 11.1 Å². The number of hydrogen-bond donors (Lipinski definition) is 1. The van der Waals surface area contributed by atoms with E-state index in [1.165, 1.54) is 25.5 Å². The molecule has 2 bridgehead atoms. The van der Waals surface area contributed by atoms with Gasteiger partial charge in [0.2, 0.25) is 0 Å². The fourth-order valence-electron chi connectivity index (χ4n) is 5.44. The van der Waals surface area contributed by atoms with Crippen LogP contribution in [-0.4, -0.2) is 35.4 Å². The summed E-state index contributed by atoms with van der Waals surface area (Å²) in [5, 5.41) is 2.49. The summed E-state index contributed by atoms with van der Waals surface area (Å²) in [7, 11) is -3.18. The number of fused-ring (bicyclic) bond motifs is 9. The van der Waals surface area contributed by atoms with E-state index in [0.717, 1.165) is 12.1 Å². The maximum absolute atomic E-state index is 14.8. The third kappa shape index (κ3) is 3.73. The Morgan fingerprint density at radius 2 is 1.81 bits per heavy atom. The lowest BCUT2D eigenvalue weighted by Crippen LogP contribution is -2.28. The molecule has 1 N–H and O–H groups in total. The van der Waals surface area contributed by atoms with Gasteiger partial charge < -0.3 is 19.2 Å². The molecule has 0 spiro atoms. The second-order valence-corrected chi connectivity index (χ2v) is 12.7. The van der Waals surface area contributed by atoms with Crippen molar-refractivity contribution in [2.75, 3.05) is 13.3 Å². The zero-order chi connectivity index (χ0) is 26.2. The molecule has 11 heteroatoms. The Labute approximate surface area is 208 Å². The standard InChI is InChI=1S/C26H20F4N3O3P/c1-37(2,35)23-15(27)8-13(9-16(23)28)12-6-7-17-19(10-12)33-20-11-18(24(33)31-17)32-25(34)14-4-3-5-21(22(14)20)36-26(29)30/h3-10,18,20,26H,11H2,1-2H3,(H,32,34). The second kappa shape index (κ2) is 8.18. The predicted molar refractivity (Wildman–Crippen MR) is 130 cm³/mol. The van der Waals surface area contributed by atoms with Gasteiger partial charge in [0.25, 0.3) is 5.91 Å². The number of halogens is 4. The van der Waals surface area contributed by atoms with Crippen LogP contribution in [0.15, 0.2) is 48.5 Å². The van der Waals surface area contributed by atoms with E-state index in [1.807, 2.05) is 4.57 Å². The summed E-state index contributed by atoms with van der Waals surface area (Å²) in [6.07, 6.45) is 0.380. The van der Waals surface area contributed by atoms with Gasteiger partial charge in [-0.2, -0.15) is 8.78 Å². The van der Waals surface area contributed by atoms with Crippen LogP contribution < -0.4 is 15.4 Å². The first-order valence-corrected chi connectivity index (χ1v) is 14.1. The summed E-state index contributed by atoms with van der Waals surface area (Å²) in [6, 6.07) is 10.8. The Bertz CT molecular complexity index is 1640. The zero-order valence-corrected chi connectivity index (χ0v) is 20.5. The molecule has 4 aromatic rings. The van der Waals surface area contributed by atoms with E-state index in [4.69, 9.17) is 4.74 Å². The van der Waals surface area contributed by atoms with Crippen molar-refractivity contribution in [2.45, 2.75) is 25.1 Å². The lowest BCUT2D eigenvalue weighted by Gasteiger charge is -2.21. The van der Waals surface area contributed by atoms with E-state index in [-0.39, 0.29) is 16.9 Å². The summed E-state index contributed by atoms with van der Waals surface area (Å²) in [6.45, 7) is -0.465. The first-order valence-electron chi connectivity index (χ1n) is 11.5. The Morgan fingerprint density at radius 1 is 1.08 bits per heavy atom. The van der Waals surface area contributed by atoms with Gasteiger partial charge in [-0.1, -0.05) is 12.1 Å². The molecule has 0 saturated heterocycles. The van der Waals surface area contributed by atoms with Gasteiger partial charge >= 0.3 is 6.61 Å². The van der Waals surface area contributed by atoms with Crippen molar-refractivity contribution < 1.29 is 31.7 Å². The van der Waals surface area contributed by atoms with Gasteiger partial charge in [-0.25, -0.2) is 13.8 Å². The van der Waals surface area contributed by atoms with Crippen LogP contribution in [0.3, 0.4) is 0 Å². The molecule has 190 valence electrons. The third-order valence-electron chi connectivity index (χ3n) is 6.85. The number of nitrogens with zero attached hydrogens (tertiary/aromatic N) is 2. The minimum absolute atomic E-state index is 0.0950. The average Bonchev–Trinajstić information content (AvgIpc) is 3.29. The largest absolute Gasteiger partial charge is 0.434 e. The lowest BCUT2D eigenvalue weighted by molar-refractivity contribution is -0.0507. The summed E-state index contributed by atoms with van der Waals surface area (Å²) >= 11 is 0. The maximum Gasteiger partial charge on any atom is 0.387 e. The molecule has 3 heterocycles. The number of alkyl halides is 2. The monoisotopic (exact) mass is 529 g/mol. The highest BCUT2D eigenvalue weighted by Crippen LogP contribution is 2.48. The number of amides is 1. The Hall–Kier alpha value is -3.65. The molecular weight excluding hydrogens is 509 g/mol. The molecule has 0 aliphatic carbocycles. The van der Waals surface area contributed by atoms with Gasteiger partial charge in [0.15, 0.2) is 0 Å². The van der Waals surface area contributed by atoms with Gasteiger partial charge in [-0.15, -0.1) is 0 Å². The molecule has 0 fully saturated rings. The first-order chi connectivity index (χ1) is 17.5. The molecule has 1 amide bonds. The highest BCUT2D eigenvalue weighted by molar-refractivity contribution is 7.70. The van der Waals surface area contributed by atoms with Crippen LogP contribution in [0.25, 0.3) is 22.2 Å². The number of carbonyl (C=O) groups excluding carboxylic acids is 1. The number of ether oxygens (including phenoxy) is 1. The molecule has 6 nitrogen and oxygen atoms in total. The number of benzene rings is 3. The predicted octanol–water partition coefficient (Wildman–Crippen LogP) is 5.61. The SMILES string of the molecule is CP(C)(=O)c1c(F)cc(-c2ccc3nc4n(c3c2)C2CC4NC(=O)c3cccc(OC(F)F)c32)cc1F. The average molecular weight is 529 g/mol. The second-order valence-electron chi connectivity index (χ2n) is 9.56. The number of imidazole rings is 1. The quantitative estimate of drug-likeness (QED) is 0.276. The van der Waals surface area contributed by atoms with Crippen LogP contribution >= 0.6 is 7.14 Å². The van der Waals surface area contributed by atoms with E-state index in [0.29, 0.717) is 34.4 Å². The summed E-state index contributed by atoms with van der Waals surface area (Å²) in [4.78, 5) is 17.5. The van der Waals surface area contributed by atoms with Crippen molar-refractivity contribution in [3.8, 4) is 16.9 Å². The van der Waals surface area contributed by atoms with E-state index in [2.05, 4.69) is 10.3 Å². The van der Waals surface area contributed by atoms with Crippen LogP contribution in [-0.2, 0) is 4.57 Å². The number of hydrogen-bond acceptors (Lipinski definition) is 4. The third-order valence-corrected chi connectivity index (χ3v) is 8.36. The van der Waals surface area contributed by atoms with Crippen LogP contribution in [0.4, 0.5) is 17.6 Å². The summed E-state index contributed by atoms with van der Waals surface area (Å²) in [5.41, 5.74) is 2.48. The van der Waals surface area contributed by atoms with Gasteiger partial charge in [-0.05, 0) is 67.3 Å². The molecule has 1 aromatic heterocycles. The first kappa shape index (κ1) is 23.7. The molecular formula is C26H20F4N3O3P. The molecule has 0 radical (unpaired) electrons. The Balaban J connectivity index is 1.53. The van der Waals surface area contributed by atoms with E-state index in [9.17, 15) is 26.9 Å². The molecule has 0 saturated carbocycles. The van der Waals surface area contributed by atoms with E-state index in [1.54, 1.807) is 24.3 Å². The smallest absolute Gasteiger partial charge is 0.387 e. The van der Waals surface area contributed by atoms with E-state index >= 15 is 0 Å². The molecule has 2 aliphatic rings. The maximum atomic E-state index is 14.8.